The van der Waals surface area contributed by atoms with E-state index in [0.29, 0.717) is 0 Å². The fraction of sp³-hybridized carbons (Fsp3) is 0.667. The molecule has 2 nitrogen and oxygen atoms in total. The third-order valence-corrected chi connectivity index (χ3v) is 0.211. The van der Waals surface area contributed by atoms with Crippen molar-refractivity contribution in [2.45, 2.75) is 6.92 Å². The van der Waals surface area contributed by atoms with Crippen molar-refractivity contribution in [3.8, 4) is 0 Å². The summed E-state index contributed by atoms with van der Waals surface area (Å²) in [5.41, 5.74) is 0. The molecule has 0 aromatic heterocycles. The van der Waals surface area contributed by atoms with Gasteiger partial charge in [0.15, 0.2) is 0 Å². The minimum absolute atomic E-state index is 1.51. The first-order valence-corrected chi connectivity index (χ1v) is 1.43. The Kier molecular flexibility index (Phi) is 3.10. The Morgan fingerprint density at radius 3 is 2.40 bits per heavy atom. The lowest BCUT2D eigenvalue weighted by Gasteiger charge is -1.75. The molecular formula is C3H7NO. The van der Waals surface area contributed by atoms with Crippen LogP contribution >= 0.6 is 0 Å². The van der Waals surface area contributed by atoms with Gasteiger partial charge in [0, 0.05) is 6.21 Å². The number of nitrogens with zero attached hydrogens (tertiary/aromatic N) is 1. The normalized spacial score (nSPS) is 9.20. The summed E-state index contributed by atoms with van der Waals surface area (Å²) in [4.78, 5) is 4.26. The highest BCUT2D eigenvalue weighted by Crippen LogP contribution is 1.56. The van der Waals surface area contributed by atoms with Gasteiger partial charge in [-0.15, -0.1) is 5.16 Å². The highest BCUT2D eigenvalue weighted by molar-refractivity contribution is 5.52. The fourth-order valence-electron chi connectivity index (χ4n) is 0.105. The molecule has 0 atom stereocenters. The molecule has 0 N–H and O–H groups in total. The molecule has 0 spiro atoms. The van der Waals surface area contributed by atoms with E-state index in [1.54, 1.807) is 13.1 Å². The molecular weight excluding hydrogens is 66.0 g/mol. The van der Waals surface area contributed by atoms with Gasteiger partial charge in [0.05, 0.1) is 0 Å². The van der Waals surface area contributed by atoms with Crippen LogP contribution in [0.1, 0.15) is 6.92 Å². The third-order valence-electron chi connectivity index (χ3n) is 0.211. The maximum Gasteiger partial charge on any atom is 0.106 e. The molecule has 0 radical (unpaired) electrons. The maximum absolute atomic E-state index is 4.26. The van der Waals surface area contributed by atoms with Crippen LogP contribution in [0.2, 0.25) is 0 Å². The lowest BCUT2D eigenvalue weighted by Crippen LogP contribution is -1.63. The monoisotopic (exact) mass is 73.1 g/mol. The second kappa shape index (κ2) is 3.47. The van der Waals surface area contributed by atoms with Gasteiger partial charge < -0.3 is 4.84 Å². The summed E-state index contributed by atoms with van der Waals surface area (Å²) in [6.45, 7) is 1.80. The summed E-state index contributed by atoms with van der Waals surface area (Å²) in [5, 5.41) is 3.35. The van der Waals surface area contributed by atoms with Crippen molar-refractivity contribution in [1.29, 1.82) is 0 Å². The van der Waals surface area contributed by atoms with E-state index in [9.17, 15) is 0 Å². The Morgan fingerprint density at radius 2 is 2.40 bits per heavy atom. The number of oxime groups is 1. The van der Waals surface area contributed by atoms with Gasteiger partial charge in [-0.3, -0.25) is 0 Å². The Bertz CT molecular complexity index is 33.9. The van der Waals surface area contributed by atoms with Crippen LogP contribution in [0.15, 0.2) is 5.16 Å². The maximum atomic E-state index is 4.26. The van der Waals surface area contributed by atoms with Crippen molar-refractivity contribution in [2.75, 3.05) is 7.11 Å². The molecule has 0 rings (SSSR count). The van der Waals surface area contributed by atoms with E-state index < -0.39 is 0 Å². The molecule has 0 saturated heterocycles. The smallest absolute Gasteiger partial charge is 0.106 e. The van der Waals surface area contributed by atoms with Gasteiger partial charge in [0.1, 0.15) is 7.11 Å². The Balaban J connectivity index is 2.62. The van der Waals surface area contributed by atoms with Gasteiger partial charge in [-0.25, -0.2) is 0 Å². The number of hydrogen-bond donors (Lipinski definition) is 0. The molecule has 0 aromatic rings. The molecule has 0 aliphatic carbocycles. The van der Waals surface area contributed by atoms with Gasteiger partial charge in [-0.2, -0.15) is 0 Å². The quantitative estimate of drug-likeness (QED) is 0.329. The van der Waals surface area contributed by atoms with Crippen molar-refractivity contribution in [1.82, 2.24) is 0 Å². The molecule has 0 aliphatic rings. The van der Waals surface area contributed by atoms with Gasteiger partial charge in [0.2, 0.25) is 0 Å². The second-order valence-corrected chi connectivity index (χ2v) is 0.546. The highest BCUT2D eigenvalue weighted by Gasteiger charge is 1.46. The molecule has 0 bridgehead atoms. The summed E-state index contributed by atoms with van der Waals surface area (Å²) in [7, 11) is 1.51. The molecule has 0 unspecified atom stereocenters. The zero-order valence-electron chi connectivity index (χ0n) is 3.43. The lowest BCUT2D eigenvalue weighted by molar-refractivity contribution is 0.215. The zero-order valence-corrected chi connectivity index (χ0v) is 3.43. The molecule has 0 aliphatic heterocycles. The van der Waals surface area contributed by atoms with E-state index in [1.165, 1.54) is 7.11 Å². The average Bonchev–Trinajstić information content (AvgIpc) is 1.41. The molecule has 0 saturated carbocycles. The minimum atomic E-state index is 1.51. The zero-order chi connectivity index (χ0) is 4.12. The van der Waals surface area contributed by atoms with E-state index >= 15 is 0 Å². The summed E-state index contributed by atoms with van der Waals surface area (Å²) >= 11 is 0. The summed E-state index contributed by atoms with van der Waals surface area (Å²) in [6.07, 6.45) is 1.58. The minimum Gasteiger partial charge on any atom is -0.399 e. The number of rotatable bonds is 1. The van der Waals surface area contributed by atoms with E-state index in [-0.39, 0.29) is 0 Å². The van der Waals surface area contributed by atoms with Crippen molar-refractivity contribution < 1.29 is 4.84 Å². The van der Waals surface area contributed by atoms with Crippen LogP contribution in [-0.2, 0) is 4.84 Å². The summed E-state index contributed by atoms with van der Waals surface area (Å²) in [5.74, 6) is 0. The molecule has 0 amide bonds. The highest BCUT2D eigenvalue weighted by atomic mass is 16.6. The van der Waals surface area contributed by atoms with Gasteiger partial charge in [0.25, 0.3) is 0 Å². The third kappa shape index (κ3) is 3.47. The largest absolute Gasteiger partial charge is 0.399 e. The first kappa shape index (κ1) is 4.47. The topological polar surface area (TPSA) is 21.6 Å². The van der Waals surface area contributed by atoms with Crippen molar-refractivity contribution >= 4 is 6.21 Å². The van der Waals surface area contributed by atoms with Gasteiger partial charge in [-0.05, 0) is 6.92 Å². The van der Waals surface area contributed by atoms with Crippen molar-refractivity contribution in [3.05, 3.63) is 0 Å². The lowest BCUT2D eigenvalue weighted by atomic mass is 10.9. The van der Waals surface area contributed by atoms with Crippen LogP contribution in [0.25, 0.3) is 0 Å². The van der Waals surface area contributed by atoms with Crippen molar-refractivity contribution in [3.63, 3.8) is 0 Å². The Labute approximate surface area is 31.4 Å². The van der Waals surface area contributed by atoms with E-state index in [1.807, 2.05) is 0 Å². The molecule has 0 fully saturated rings. The summed E-state index contributed by atoms with van der Waals surface area (Å²) in [6, 6.07) is 0. The number of hydrogen-bond acceptors (Lipinski definition) is 2. The SMILES string of the molecule is C/C=N/OC. The van der Waals surface area contributed by atoms with Gasteiger partial charge in [-0.1, -0.05) is 0 Å². The molecule has 30 valence electrons. The van der Waals surface area contributed by atoms with Crippen molar-refractivity contribution in [2.24, 2.45) is 5.16 Å². The molecule has 0 heterocycles. The van der Waals surface area contributed by atoms with Crippen LogP contribution < -0.4 is 0 Å². The average molecular weight is 73.1 g/mol. The molecule has 0 aromatic carbocycles. The second-order valence-electron chi connectivity index (χ2n) is 0.546. The van der Waals surface area contributed by atoms with Crippen LogP contribution in [0.5, 0.6) is 0 Å². The van der Waals surface area contributed by atoms with E-state index in [0.717, 1.165) is 0 Å². The molecule has 5 heavy (non-hydrogen) atoms. The van der Waals surface area contributed by atoms with Gasteiger partial charge >= 0.3 is 0 Å². The fourth-order valence-corrected chi connectivity index (χ4v) is 0.105. The standard InChI is InChI=1S/C3H7NO/c1-3-4-5-2/h3H,1-2H3/b4-3+. The Morgan fingerprint density at radius 1 is 1.80 bits per heavy atom. The predicted molar refractivity (Wildman–Crippen MR) is 21.2 cm³/mol. The van der Waals surface area contributed by atoms with E-state index in [4.69, 9.17) is 0 Å². The molecule has 2 heteroatoms. The van der Waals surface area contributed by atoms with Crippen LogP contribution in [0.3, 0.4) is 0 Å². The predicted octanol–water partition coefficient (Wildman–Crippen LogP) is 0.639. The van der Waals surface area contributed by atoms with Crippen LogP contribution in [-0.4, -0.2) is 13.3 Å². The first-order chi connectivity index (χ1) is 2.41. The Hall–Kier alpha value is -0.530. The first-order valence-electron chi connectivity index (χ1n) is 1.43. The van der Waals surface area contributed by atoms with E-state index in [2.05, 4.69) is 9.99 Å². The van der Waals surface area contributed by atoms with Crippen LogP contribution in [0.4, 0.5) is 0 Å². The van der Waals surface area contributed by atoms with Crippen LogP contribution in [0, 0.1) is 0 Å². The summed E-state index contributed by atoms with van der Waals surface area (Å²) < 4.78 is 0.